The summed E-state index contributed by atoms with van der Waals surface area (Å²) in [4.78, 5) is 30.6. The average molecular weight is 1610 g/mol. The molecule has 12 heteroatoms. The summed E-state index contributed by atoms with van der Waals surface area (Å²) in [7, 11) is 0. The number of benzene rings is 17. The molecule has 584 valence electrons. The summed E-state index contributed by atoms with van der Waals surface area (Å²) in [6.45, 7) is 0. The number of fused-ring (bicyclic) bond motifs is 9. The van der Waals surface area contributed by atoms with Gasteiger partial charge >= 0.3 is 0 Å². The third-order valence-electron chi connectivity index (χ3n) is 26.1. The second-order valence-electron chi connectivity index (χ2n) is 32.8. The van der Waals surface area contributed by atoms with E-state index in [-0.39, 0.29) is 0 Å². The monoisotopic (exact) mass is 1600 g/mol. The van der Waals surface area contributed by atoms with Gasteiger partial charge in [0, 0.05) is 139 Å². The first kappa shape index (κ1) is 69.6. The minimum absolute atomic E-state index is 0.684. The summed E-state index contributed by atoms with van der Waals surface area (Å²) in [6.07, 6.45) is 6.61. The van der Waals surface area contributed by atoms with Crippen molar-refractivity contribution in [3.8, 4) is 73.9 Å². The van der Waals surface area contributed by atoms with Crippen LogP contribution in [-0.2, 0) is 0 Å². The van der Waals surface area contributed by atoms with Crippen LogP contribution in [0.15, 0.2) is 413 Å². The van der Waals surface area contributed by atoms with Gasteiger partial charge in [-0.25, -0.2) is 29.9 Å². The Morgan fingerprint density at radius 1 is 0.175 bits per heavy atom. The van der Waals surface area contributed by atoms with Crippen LogP contribution in [0.2, 0.25) is 0 Å². The maximum Gasteiger partial charge on any atom is 0.235 e. The Kier molecular flexibility index (Phi) is 15.0. The zero-order valence-electron chi connectivity index (χ0n) is 67.6. The molecule has 29 aromatic rings. The van der Waals surface area contributed by atoms with Gasteiger partial charge in [-0.15, -0.1) is 0 Å². The molecule has 0 aliphatic heterocycles. The number of aromatic nitrogens is 12. The zero-order valence-corrected chi connectivity index (χ0v) is 67.6. The van der Waals surface area contributed by atoms with Crippen molar-refractivity contribution < 1.29 is 0 Å². The van der Waals surface area contributed by atoms with E-state index in [0.717, 1.165) is 112 Å². The van der Waals surface area contributed by atoms with E-state index in [2.05, 4.69) is 397 Å². The Balaban J connectivity index is 0.0000000986. The van der Waals surface area contributed by atoms with Crippen LogP contribution in [0.3, 0.4) is 0 Å². The topological polar surface area (TPSA) is 105 Å². The standard InChI is InChI=1S/2C40H24N4.C34H20N4/c1-2-10-25(11-3-1)38-31-15-4-5-18-32(31)41-40(42-38)27-13-6-14-28(24-27)44-34-20-8-16-29-30-17-7-12-26-22-23-43(39(26)30)33-19-9-21-35(44)37(33)36(29)34;1-2-9-25(10-3-1)38-31-12-4-5-15-32(31)41-40(42-38)27-19-21-28(22-20-27)44-34-17-7-13-29-30-14-6-11-26-23-24-43(39(26)30)33-16-8-18-35(44)37(33)36(29)34;1-2-9-21(10-3-1)32-25-12-4-5-15-26(25)35-34(36-32)38-28-17-7-13-23-24-14-6-11-22-19-20-37(33(22)24)27-16-8-18-29(38)31(27)30(23)28/h2*1-24H;1-20H. The summed E-state index contributed by atoms with van der Waals surface area (Å²) in [5, 5.41) is 22.1. The highest BCUT2D eigenvalue weighted by atomic mass is 15.2. The average Bonchev–Trinajstić information content (AvgIpc) is 1.55. The fourth-order valence-electron chi connectivity index (χ4n) is 20.7. The summed E-state index contributed by atoms with van der Waals surface area (Å²) < 4.78 is 14.1. The third kappa shape index (κ3) is 10.3. The van der Waals surface area contributed by atoms with Crippen LogP contribution in [0, 0.1) is 0 Å². The van der Waals surface area contributed by atoms with Crippen LogP contribution in [0.25, 0.3) is 254 Å². The maximum atomic E-state index is 5.24. The van der Waals surface area contributed by atoms with Crippen molar-refractivity contribution in [1.29, 1.82) is 0 Å². The van der Waals surface area contributed by atoms with E-state index in [1.165, 1.54) is 136 Å². The summed E-state index contributed by atoms with van der Waals surface area (Å²) in [5.41, 5.74) is 27.5. The van der Waals surface area contributed by atoms with Crippen LogP contribution < -0.4 is 0 Å². The van der Waals surface area contributed by atoms with Gasteiger partial charge in [-0.1, -0.05) is 267 Å². The van der Waals surface area contributed by atoms with Gasteiger partial charge in [0.1, 0.15) is 0 Å². The van der Waals surface area contributed by atoms with Gasteiger partial charge in [0.15, 0.2) is 11.6 Å². The van der Waals surface area contributed by atoms with Gasteiger partial charge in [-0.05, 0) is 144 Å². The lowest BCUT2D eigenvalue weighted by Gasteiger charge is -2.12. The van der Waals surface area contributed by atoms with Gasteiger partial charge in [0.25, 0.3) is 0 Å². The van der Waals surface area contributed by atoms with Gasteiger partial charge in [0.2, 0.25) is 5.95 Å². The van der Waals surface area contributed by atoms with Crippen molar-refractivity contribution in [2.24, 2.45) is 0 Å². The van der Waals surface area contributed by atoms with E-state index in [4.69, 9.17) is 29.9 Å². The molecule has 12 aromatic heterocycles. The van der Waals surface area contributed by atoms with Crippen LogP contribution in [0.4, 0.5) is 0 Å². The van der Waals surface area contributed by atoms with Crippen molar-refractivity contribution in [3.05, 3.63) is 413 Å². The van der Waals surface area contributed by atoms with E-state index >= 15 is 0 Å². The van der Waals surface area contributed by atoms with Crippen LogP contribution in [0.1, 0.15) is 0 Å². The molecule has 0 saturated heterocycles. The van der Waals surface area contributed by atoms with Crippen molar-refractivity contribution in [2.45, 2.75) is 0 Å². The Morgan fingerprint density at radius 3 is 0.921 bits per heavy atom. The van der Waals surface area contributed by atoms with Crippen molar-refractivity contribution >= 4 is 180 Å². The van der Waals surface area contributed by atoms with Gasteiger partial charge < -0.3 is 22.3 Å². The predicted octanol–water partition coefficient (Wildman–Crippen LogP) is 28.5. The van der Waals surface area contributed by atoms with E-state index in [9.17, 15) is 0 Å². The SMILES string of the molecule is c1ccc(-c2nc(-c3ccc(-n4c5cccc6c7cccc8ccn(c9cccc4c9c65)c87)cc3)nc3ccccc23)cc1.c1ccc(-c2nc(-c3cccc(-n4c5cccc6c7cccc8ccn(c9cccc4c9c65)c87)c3)nc3ccccc23)cc1.c1ccc(-c2nc(-n3c4cccc5c6cccc7ccn(c8cccc3c8c54)c76)nc3ccccc23)cc1. The molecule has 0 N–H and O–H groups in total. The molecule has 12 nitrogen and oxygen atoms in total. The smallest absolute Gasteiger partial charge is 0.235 e. The Hall–Kier alpha value is -17.2. The van der Waals surface area contributed by atoms with Gasteiger partial charge in [0.05, 0.1) is 99.8 Å². The zero-order chi connectivity index (χ0) is 82.3. The van der Waals surface area contributed by atoms with Crippen LogP contribution in [-0.4, -0.2) is 56.8 Å². The molecule has 0 bridgehead atoms. The number of rotatable bonds is 8. The molecule has 0 aliphatic rings. The molecular formula is C114H68N12. The Labute approximate surface area is 718 Å². The van der Waals surface area contributed by atoms with E-state index in [0.29, 0.717) is 5.95 Å². The first-order valence-corrected chi connectivity index (χ1v) is 42.7. The molecule has 0 aliphatic carbocycles. The van der Waals surface area contributed by atoms with E-state index in [1.807, 2.05) is 42.5 Å². The largest absolute Gasteiger partial charge is 0.315 e. The van der Waals surface area contributed by atoms with Crippen molar-refractivity contribution in [2.75, 3.05) is 0 Å². The molecular weight excluding hydrogens is 1540 g/mol. The number of para-hydroxylation sites is 6. The number of hydrogen-bond acceptors (Lipinski definition) is 6. The highest BCUT2D eigenvalue weighted by Crippen LogP contribution is 2.48. The Bertz CT molecular complexity index is 9420. The van der Waals surface area contributed by atoms with Crippen LogP contribution >= 0.6 is 0 Å². The third-order valence-corrected chi connectivity index (χ3v) is 26.1. The van der Waals surface area contributed by atoms with Crippen molar-refractivity contribution in [1.82, 2.24) is 56.8 Å². The molecule has 126 heavy (non-hydrogen) atoms. The fraction of sp³-hybridized carbons (Fsp3) is 0. The highest BCUT2D eigenvalue weighted by molar-refractivity contribution is 6.32. The number of nitrogens with zero attached hydrogens (tertiary/aromatic N) is 12. The lowest BCUT2D eigenvalue weighted by Crippen LogP contribution is -2.03. The van der Waals surface area contributed by atoms with E-state index in [1.54, 1.807) is 0 Å². The lowest BCUT2D eigenvalue weighted by molar-refractivity contribution is 1.01. The minimum Gasteiger partial charge on any atom is -0.315 e. The first-order chi connectivity index (χ1) is 62.5. The summed E-state index contributed by atoms with van der Waals surface area (Å²) >= 11 is 0. The normalized spacial score (nSPS) is 12.1. The molecule has 0 atom stereocenters. The second kappa shape index (κ2) is 27.1. The minimum atomic E-state index is 0.684. The van der Waals surface area contributed by atoms with Gasteiger partial charge in [-0.3, -0.25) is 4.57 Å². The molecule has 0 fully saturated rings. The quantitative estimate of drug-likeness (QED) is 0.150. The maximum absolute atomic E-state index is 5.24. The summed E-state index contributed by atoms with van der Waals surface area (Å²) in [5.74, 6) is 2.13. The number of hydrogen-bond donors (Lipinski definition) is 0. The molecule has 29 rings (SSSR count). The fourth-order valence-corrected chi connectivity index (χ4v) is 20.7. The molecule has 12 heterocycles. The van der Waals surface area contributed by atoms with E-state index < -0.39 is 0 Å². The van der Waals surface area contributed by atoms with Gasteiger partial charge in [-0.2, -0.15) is 0 Å². The van der Waals surface area contributed by atoms with Crippen LogP contribution in [0.5, 0.6) is 0 Å². The molecule has 0 unspecified atom stereocenters. The molecule has 0 radical (unpaired) electrons. The summed E-state index contributed by atoms with van der Waals surface area (Å²) in [6, 6.07) is 140. The molecule has 17 aromatic carbocycles. The molecule has 0 saturated carbocycles. The molecule has 0 amide bonds. The first-order valence-electron chi connectivity index (χ1n) is 42.7. The highest BCUT2D eigenvalue weighted by Gasteiger charge is 2.27. The predicted molar refractivity (Wildman–Crippen MR) is 520 cm³/mol. The molecule has 0 spiro atoms. The Morgan fingerprint density at radius 2 is 0.484 bits per heavy atom. The van der Waals surface area contributed by atoms with Crippen molar-refractivity contribution in [3.63, 3.8) is 0 Å². The lowest BCUT2D eigenvalue weighted by atomic mass is 10.0. The second-order valence-corrected chi connectivity index (χ2v) is 32.8.